The van der Waals surface area contributed by atoms with Gasteiger partial charge in [-0.3, -0.25) is 0 Å². The van der Waals surface area contributed by atoms with Crippen molar-refractivity contribution in [1.82, 2.24) is 4.31 Å². The Bertz CT molecular complexity index is 489. The van der Waals surface area contributed by atoms with Gasteiger partial charge in [0, 0.05) is 18.1 Å². The Kier molecular flexibility index (Phi) is 3.21. The average molecular weight is 262 g/mol. The maximum absolute atomic E-state index is 12.1. The molecule has 1 unspecified atom stereocenters. The lowest BCUT2D eigenvalue weighted by atomic mass is 10.3. The van der Waals surface area contributed by atoms with Crippen LogP contribution in [0.15, 0.2) is 29.2 Å². The van der Waals surface area contributed by atoms with Crippen molar-refractivity contribution in [2.24, 2.45) is 0 Å². The van der Waals surface area contributed by atoms with Crippen molar-refractivity contribution < 1.29 is 13.5 Å². The molecule has 1 fully saturated rings. The van der Waals surface area contributed by atoms with E-state index in [1.807, 2.05) is 0 Å². The molecule has 1 atom stereocenters. The largest absolute Gasteiger partial charge is 0.392 e. The minimum Gasteiger partial charge on any atom is -0.392 e. The highest BCUT2D eigenvalue weighted by atomic mass is 35.5. The van der Waals surface area contributed by atoms with Crippen LogP contribution in [0.25, 0.3) is 0 Å². The SMILES string of the molecule is O=S(=O)(c1cccc(Cl)c1)N1CCC(O)C1. The van der Waals surface area contributed by atoms with Gasteiger partial charge in [-0.25, -0.2) is 8.42 Å². The van der Waals surface area contributed by atoms with Crippen molar-refractivity contribution in [2.75, 3.05) is 13.1 Å². The van der Waals surface area contributed by atoms with Crippen LogP contribution in [0.2, 0.25) is 5.02 Å². The highest BCUT2D eigenvalue weighted by molar-refractivity contribution is 7.89. The zero-order chi connectivity index (χ0) is 11.8. The fourth-order valence-corrected chi connectivity index (χ4v) is 3.50. The first kappa shape index (κ1) is 11.9. The molecule has 1 aromatic rings. The summed E-state index contributed by atoms with van der Waals surface area (Å²) in [6, 6.07) is 6.15. The molecule has 0 saturated carbocycles. The molecule has 16 heavy (non-hydrogen) atoms. The predicted octanol–water partition coefficient (Wildman–Crippen LogP) is 1.10. The van der Waals surface area contributed by atoms with E-state index in [0.717, 1.165) is 0 Å². The molecular formula is C10H12ClNO3S. The second kappa shape index (κ2) is 4.33. The molecule has 1 saturated heterocycles. The number of rotatable bonds is 2. The van der Waals surface area contributed by atoms with Crippen LogP contribution in [-0.4, -0.2) is 37.0 Å². The Morgan fingerprint density at radius 1 is 1.44 bits per heavy atom. The number of β-amino-alcohol motifs (C(OH)–C–C–N with tert-alkyl or cyclic N) is 1. The van der Waals surface area contributed by atoms with Crippen LogP contribution in [-0.2, 0) is 10.0 Å². The van der Waals surface area contributed by atoms with Gasteiger partial charge in [0.25, 0.3) is 0 Å². The number of hydrogen-bond acceptors (Lipinski definition) is 3. The normalized spacial score (nSPS) is 22.5. The summed E-state index contributed by atoms with van der Waals surface area (Å²) < 4.78 is 25.5. The van der Waals surface area contributed by atoms with E-state index in [0.29, 0.717) is 18.0 Å². The first-order chi connectivity index (χ1) is 7.50. The molecule has 1 heterocycles. The van der Waals surface area contributed by atoms with Crippen molar-refractivity contribution in [3.05, 3.63) is 29.3 Å². The molecule has 1 aliphatic rings. The summed E-state index contributed by atoms with van der Waals surface area (Å²) in [6.45, 7) is 0.519. The van der Waals surface area contributed by atoms with Crippen molar-refractivity contribution in [2.45, 2.75) is 17.4 Å². The molecule has 0 spiro atoms. The number of hydrogen-bond donors (Lipinski definition) is 1. The molecule has 1 N–H and O–H groups in total. The number of benzene rings is 1. The van der Waals surface area contributed by atoms with Crippen molar-refractivity contribution in [3.63, 3.8) is 0 Å². The number of halogens is 1. The Hall–Kier alpha value is -0.620. The Balaban J connectivity index is 2.32. The Morgan fingerprint density at radius 3 is 2.75 bits per heavy atom. The number of aliphatic hydroxyl groups is 1. The predicted molar refractivity (Wildman–Crippen MR) is 60.8 cm³/mol. The standard InChI is InChI=1S/C10H12ClNO3S/c11-8-2-1-3-10(6-8)16(14,15)12-5-4-9(13)7-12/h1-3,6,9,13H,4-5,7H2. The third-order valence-electron chi connectivity index (χ3n) is 2.56. The summed E-state index contributed by atoms with van der Waals surface area (Å²) in [6.07, 6.45) is -0.0752. The van der Waals surface area contributed by atoms with E-state index in [1.165, 1.54) is 16.4 Å². The number of sulfonamides is 1. The second-order valence-electron chi connectivity index (χ2n) is 3.76. The lowest BCUT2D eigenvalue weighted by Crippen LogP contribution is -2.29. The molecule has 88 valence electrons. The fourth-order valence-electron chi connectivity index (χ4n) is 1.71. The van der Waals surface area contributed by atoms with Gasteiger partial charge in [0.15, 0.2) is 0 Å². The van der Waals surface area contributed by atoms with E-state index in [9.17, 15) is 13.5 Å². The van der Waals surface area contributed by atoms with E-state index in [2.05, 4.69) is 0 Å². The van der Waals surface area contributed by atoms with Gasteiger partial charge in [0.2, 0.25) is 10.0 Å². The molecule has 1 aliphatic heterocycles. The molecule has 0 aliphatic carbocycles. The molecule has 4 nitrogen and oxygen atoms in total. The third kappa shape index (κ3) is 2.22. The lowest BCUT2D eigenvalue weighted by Gasteiger charge is -2.15. The molecule has 0 amide bonds. The third-order valence-corrected chi connectivity index (χ3v) is 4.66. The fraction of sp³-hybridized carbons (Fsp3) is 0.400. The number of nitrogens with zero attached hydrogens (tertiary/aromatic N) is 1. The average Bonchev–Trinajstić information content (AvgIpc) is 2.65. The summed E-state index contributed by atoms with van der Waals surface area (Å²) in [7, 11) is -3.51. The Labute approximate surface area is 99.5 Å². The van der Waals surface area contributed by atoms with E-state index in [1.54, 1.807) is 12.1 Å². The van der Waals surface area contributed by atoms with Gasteiger partial charge in [-0.15, -0.1) is 0 Å². The van der Waals surface area contributed by atoms with Gasteiger partial charge < -0.3 is 5.11 Å². The summed E-state index contributed by atoms with van der Waals surface area (Å²) in [5.41, 5.74) is 0. The minimum atomic E-state index is -3.51. The lowest BCUT2D eigenvalue weighted by molar-refractivity contribution is 0.189. The highest BCUT2D eigenvalue weighted by Crippen LogP contribution is 2.23. The molecule has 1 aromatic carbocycles. The van der Waals surface area contributed by atoms with E-state index in [4.69, 9.17) is 11.6 Å². The van der Waals surface area contributed by atoms with Gasteiger partial charge in [0.05, 0.1) is 11.0 Å². The first-order valence-corrected chi connectivity index (χ1v) is 6.76. The molecule has 6 heteroatoms. The monoisotopic (exact) mass is 261 g/mol. The van der Waals surface area contributed by atoms with Crippen molar-refractivity contribution in [3.8, 4) is 0 Å². The highest BCUT2D eigenvalue weighted by Gasteiger charge is 2.31. The zero-order valence-corrected chi connectivity index (χ0v) is 10.1. The van der Waals surface area contributed by atoms with Crippen LogP contribution in [0.1, 0.15) is 6.42 Å². The topological polar surface area (TPSA) is 57.6 Å². The van der Waals surface area contributed by atoms with Gasteiger partial charge in [-0.05, 0) is 24.6 Å². The van der Waals surface area contributed by atoms with Gasteiger partial charge in [0.1, 0.15) is 0 Å². The molecule has 0 bridgehead atoms. The van der Waals surface area contributed by atoms with Crippen molar-refractivity contribution in [1.29, 1.82) is 0 Å². The second-order valence-corrected chi connectivity index (χ2v) is 6.14. The van der Waals surface area contributed by atoms with Crippen molar-refractivity contribution >= 4 is 21.6 Å². The zero-order valence-electron chi connectivity index (χ0n) is 8.51. The first-order valence-electron chi connectivity index (χ1n) is 4.94. The summed E-state index contributed by atoms with van der Waals surface area (Å²) in [5, 5.41) is 9.72. The van der Waals surface area contributed by atoms with Gasteiger partial charge in [-0.1, -0.05) is 17.7 Å². The summed E-state index contributed by atoms with van der Waals surface area (Å²) in [5.74, 6) is 0. The van der Waals surface area contributed by atoms with E-state index < -0.39 is 16.1 Å². The van der Waals surface area contributed by atoms with Gasteiger partial charge >= 0.3 is 0 Å². The molecule has 0 radical (unpaired) electrons. The van der Waals surface area contributed by atoms with Crippen LogP contribution >= 0.6 is 11.6 Å². The molecule has 0 aromatic heterocycles. The quantitative estimate of drug-likeness (QED) is 0.867. The van der Waals surface area contributed by atoms with Crippen LogP contribution in [0.5, 0.6) is 0 Å². The number of aliphatic hydroxyl groups excluding tert-OH is 1. The Morgan fingerprint density at radius 2 is 2.19 bits per heavy atom. The maximum Gasteiger partial charge on any atom is 0.243 e. The van der Waals surface area contributed by atoms with Crippen LogP contribution in [0.4, 0.5) is 0 Å². The van der Waals surface area contributed by atoms with Crippen LogP contribution in [0.3, 0.4) is 0 Å². The smallest absolute Gasteiger partial charge is 0.243 e. The minimum absolute atomic E-state index is 0.162. The van der Waals surface area contributed by atoms with Crippen LogP contribution in [0, 0.1) is 0 Å². The van der Waals surface area contributed by atoms with E-state index >= 15 is 0 Å². The molecular weight excluding hydrogens is 250 g/mol. The summed E-state index contributed by atoms with van der Waals surface area (Å²) in [4.78, 5) is 0.175. The summed E-state index contributed by atoms with van der Waals surface area (Å²) >= 11 is 5.75. The van der Waals surface area contributed by atoms with E-state index in [-0.39, 0.29) is 11.4 Å². The van der Waals surface area contributed by atoms with Crippen LogP contribution < -0.4 is 0 Å². The maximum atomic E-state index is 12.1. The van der Waals surface area contributed by atoms with Gasteiger partial charge in [-0.2, -0.15) is 4.31 Å². The molecule has 2 rings (SSSR count).